The zero-order valence-corrected chi connectivity index (χ0v) is 18.0. The molecule has 2 aliphatic rings. The van der Waals surface area contributed by atoms with Crippen molar-refractivity contribution in [3.05, 3.63) is 0 Å². The summed E-state index contributed by atoms with van der Waals surface area (Å²) in [5.41, 5.74) is 0. The summed E-state index contributed by atoms with van der Waals surface area (Å²) in [6.07, 6.45) is 6.23. The van der Waals surface area contributed by atoms with Crippen molar-refractivity contribution in [1.29, 1.82) is 0 Å². The molecular weight excluding hydrogens is 433 g/mol. The minimum absolute atomic E-state index is 0. The third-order valence-electron chi connectivity index (χ3n) is 5.03. The Morgan fingerprint density at radius 2 is 1.92 bits per heavy atom. The van der Waals surface area contributed by atoms with Crippen LogP contribution in [0.15, 0.2) is 4.99 Å². The average molecular weight is 467 g/mol. The number of amides is 1. The van der Waals surface area contributed by atoms with Crippen molar-refractivity contribution >= 4 is 35.8 Å². The fourth-order valence-corrected chi connectivity index (χ4v) is 3.75. The number of carbonyl (C=O) groups is 1. The molecule has 1 amide bonds. The molecule has 3 N–H and O–H groups in total. The molecule has 2 atom stereocenters. The lowest BCUT2D eigenvalue weighted by Crippen LogP contribution is -2.56. The highest BCUT2D eigenvalue weighted by Crippen LogP contribution is 2.32. The van der Waals surface area contributed by atoms with Gasteiger partial charge in [0.1, 0.15) is 6.54 Å². The van der Waals surface area contributed by atoms with Crippen molar-refractivity contribution < 1.29 is 9.53 Å². The first-order chi connectivity index (χ1) is 11.6. The van der Waals surface area contributed by atoms with E-state index in [0.717, 1.165) is 25.3 Å². The number of nitrogens with zero attached hydrogens (tertiary/aromatic N) is 2. The first kappa shape index (κ1) is 22.4. The number of ether oxygens (including phenoxy) is 1. The van der Waals surface area contributed by atoms with E-state index in [9.17, 15) is 4.79 Å². The van der Waals surface area contributed by atoms with Crippen LogP contribution < -0.4 is 16.0 Å². The van der Waals surface area contributed by atoms with E-state index in [1.807, 2.05) is 6.92 Å². The van der Waals surface area contributed by atoms with E-state index in [2.05, 4.69) is 32.9 Å². The molecule has 25 heavy (non-hydrogen) atoms. The van der Waals surface area contributed by atoms with Crippen LogP contribution >= 0.6 is 24.0 Å². The summed E-state index contributed by atoms with van der Waals surface area (Å²) >= 11 is 0. The molecule has 0 saturated carbocycles. The number of fused-ring (bicyclic) bond motifs is 2. The lowest BCUT2D eigenvalue weighted by atomic mass is 9.82. The number of rotatable bonds is 7. The van der Waals surface area contributed by atoms with Crippen LogP contribution in [0.25, 0.3) is 0 Å². The molecule has 2 saturated heterocycles. The Balaban J connectivity index is 0.00000312. The van der Waals surface area contributed by atoms with Crippen LogP contribution in [-0.2, 0) is 9.53 Å². The van der Waals surface area contributed by atoms with Crippen LogP contribution in [0.4, 0.5) is 0 Å². The van der Waals surface area contributed by atoms with Gasteiger partial charge in [-0.2, -0.15) is 0 Å². The SMILES string of the molecule is CCNC(=NCC(=O)NCCOC)NC1CC2CCCC(C1)N2C.I. The summed E-state index contributed by atoms with van der Waals surface area (Å²) in [4.78, 5) is 18.8. The lowest BCUT2D eigenvalue weighted by molar-refractivity contribution is -0.119. The Bertz CT molecular complexity index is 421. The number of hydrogen-bond acceptors (Lipinski definition) is 4. The summed E-state index contributed by atoms with van der Waals surface area (Å²) in [6.45, 7) is 4.01. The maximum atomic E-state index is 11.8. The average Bonchev–Trinajstić information content (AvgIpc) is 2.54. The van der Waals surface area contributed by atoms with Gasteiger partial charge in [-0.25, -0.2) is 4.99 Å². The fraction of sp³-hybridized carbons (Fsp3) is 0.882. The van der Waals surface area contributed by atoms with Gasteiger partial charge in [-0.3, -0.25) is 4.79 Å². The second kappa shape index (κ2) is 11.9. The predicted octanol–water partition coefficient (Wildman–Crippen LogP) is 0.937. The van der Waals surface area contributed by atoms with E-state index in [4.69, 9.17) is 4.74 Å². The molecule has 0 aromatic carbocycles. The van der Waals surface area contributed by atoms with Gasteiger partial charge in [-0.05, 0) is 39.7 Å². The van der Waals surface area contributed by atoms with Gasteiger partial charge in [0.05, 0.1) is 6.61 Å². The second-order valence-corrected chi connectivity index (χ2v) is 6.75. The van der Waals surface area contributed by atoms with Crippen molar-refractivity contribution in [2.24, 2.45) is 4.99 Å². The normalized spacial score (nSPS) is 26.5. The number of halogens is 1. The first-order valence-corrected chi connectivity index (χ1v) is 9.16. The molecule has 146 valence electrons. The van der Waals surface area contributed by atoms with Crippen molar-refractivity contribution in [2.45, 2.75) is 57.2 Å². The second-order valence-electron chi connectivity index (χ2n) is 6.75. The van der Waals surface area contributed by atoms with E-state index in [0.29, 0.717) is 31.3 Å². The lowest BCUT2D eigenvalue weighted by Gasteiger charge is -2.47. The van der Waals surface area contributed by atoms with Crippen LogP contribution in [0.1, 0.15) is 39.0 Å². The molecule has 2 fully saturated rings. The smallest absolute Gasteiger partial charge is 0.241 e. The van der Waals surface area contributed by atoms with Gasteiger partial charge in [0, 0.05) is 38.3 Å². The minimum atomic E-state index is -0.0792. The van der Waals surface area contributed by atoms with Crippen molar-refractivity contribution in [1.82, 2.24) is 20.9 Å². The zero-order valence-electron chi connectivity index (χ0n) is 15.7. The van der Waals surface area contributed by atoms with E-state index in [1.54, 1.807) is 7.11 Å². The van der Waals surface area contributed by atoms with E-state index >= 15 is 0 Å². The topological polar surface area (TPSA) is 78.0 Å². The standard InChI is InChI=1S/C17H33N5O2.HI/c1-4-18-17(20-12-16(23)19-8-9-24-3)21-13-10-14-6-5-7-15(11-13)22(14)2;/h13-15H,4-12H2,1-3H3,(H,19,23)(H2,18,20,21);1H. The fourth-order valence-electron chi connectivity index (χ4n) is 3.75. The molecule has 0 aliphatic carbocycles. The monoisotopic (exact) mass is 467 g/mol. The van der Waals surface area contributed by atoms with Crippen molar-refractivity contribution in [2.75, 3.05) is 40.4 Å². The zero-order chi connectivity index (χ0) is 17.4. The van der Waals surface area contributed by atoms with Gasteiger partial charge in [0.15, 0.2) is 5.96 Å². The van der Waals surface area contributed by atoms with Gasteiger partial charge < -0.3 is 25.6 Å². The van der Waals surface area contributed by atoms with Crippen LogP contribution in [-0.4, -0.2) is 75.3 Å². The molecule has 0 radical (unpaired) electrons. The van der Waals surface area contributed by atoms with Crippen LogP contribution in [0, 0.1) is 0 Å². The number of hydrogen-bond donors (Lipinski definition) is 3. The Kier molecular flexibility index (Phi) is 10.7. The van der Waals surface area contributed by atoms with Crippen LogP contribution in [0.3, 0.4) is 0 Å². The number of methoxy groups -OCH3 is 1. The maximum Gasteiger partial charge on any atom is 0.241 e. The molecule has 0 aromatic rings. The van der Waals surface area contributed by atoms with Crippen LogP contribution in [0.5, 0.6) is 0 Å². The molecule has 2 aliphatic heterocycles. The summed E-state index contributed by atoms with van der Waals surface area (Å²) in [7, 11) is 3.88. The van der Waals surface area contributed by atoms with Gasteiger partial charge in [-0.1, -0.05) is 6.42 Å². The Morgan fingerprint density at radius 1 is 1.24 bits per heavy atom. The van der Waals surface area contributed by atoms with E-state index < -0.39 is 0 Å². The predicted molar refractivity (Wildman–Crippen MR) is 112 cm³/mol. The Labute approximate surface area is 168 Å². The summed E-state index contributed by atoms with van der Waals surface area (Å²) in [6, 6.07) is 1.79. The molecule has 2 bridgehead atoms. The molecule has 2 unspecified atom stereocenters. The minimum Gasteiger partial charge on any atom is -0.383 e. The maximum absolute atomic E-state index is 11.8. The number of carbonyl (C=O) groups excluding carboxylic acids is 1. The Morgan fingerprint density at radius 3 is 2.52 bits per heavy atom. The molecular formula is C17H34IN5O2. The van der Waals surface area contributed by atoms with Gasteiger partial charge in [0.2, 0.25) is 5.91 Å². The van der Waals surface area contributed by atoms with E-state index in [1.165, 1.54) is 19.3 Å². The number of aliphatic imine (C=N–C) groups is 1. The summed E-state index contributed by atoms with van der Waals surface area (Å²) in [5, 5.41) is 9.58. The number of nitrogens with one attached hydrogen (secondary N) is 3. The van der Waals surface area contributed by atoms with Crippen LogP contribution in [0.2, 0.25) is 0 Å². The highest BCUT2D eigenvalue weighted by atomic mass is 127. The van der Waals surface area contributed by atoms with Crippen molar-refractivity contribution in [3.8, 4) is 0 Å². The number of guanidine groups is 1. The highest BCUT2D eigenvalue weighted by molar-refractivity contribution is 14.0. The third kappa shape index (κ3) is 7.26. The van der Waals surface area contributed by atoms with Gasteiger partial charge in [-0.15, -0.1) is 24.0 Å². The summed E-state index contributed by atoms with van der Waals surface area (Å²) in [5.74, 6) is 0.663. The molecule has 2 heterocycles. The van der Waals surface area contributed by atoms with Gasteiger partial charge >= 0.3 is 0 Å². The van der Waals surface area contributed by atoms with Gasteiger partial charge in [0.25, 0.3) is 0 Å². The first-order valence-electron chi connectivity index (χ1n) is 9.16. The van der Waals surface area contributed by atoms with Crippen molar-refractivity contribution in [3.63, 3.8) is 0 Å². The Hall–Kier alpha value is -0.610. The molecule has 0 spiro atoms. The third-order valence-corrected chi connectivity index (χ3v) is 5.03. The quantitative estimate of drug-likeness (QED) is 0.225. The largest absolute Gasteiger partial charge is 0.383 e. The number of piperidine rings is 2. The summed E-state index contributed by atoms with van der Waals surface area (Å²) < 4.78 is 4.92. The molecule has 8 heteroatoms. The molecule has 2 rings (SSSR count). The molecule has 0 aromatic heterocycles. The molecule has 7 nitrogen and oxygen atoms in total. The highest BCUT2D eigenvalue weighted by Gasteiger charge is 2.36. The van der Waals surface area contributed by atoms with E-state index in [-0.39, 0.29) is 36.4 Å².